The van der Waals surface area contributed by atoms with Crippen LogP contribution < -0.4 is 0 Å². The number of aliphatic hydroxyl groups excluding tert-OH is 2. The Bertz CT molecular complexity index is 666. The third-order valence-electron chi connectivity index (χ3n) is 8.26. The highest BCUT2D eigenvalue weighted by molar-refractivity contribution is 5.28. The van der Waals surface area contributed by atoms with Crippen LogP contribution in [0.1, 0.15) is 97.8 Å². The van der Waals surface area contributed by atoms with Gasteiger partial charge in [-0.15, -0.1) is 0 Å². The van der Waals surface area contributed by atoms with E-state index < -0.39 is 11.7 Å². The minimum absolute atomic E-state index is 0.0225. The number of fused-ring (bicyclic) bond motifs is 1. The van der Waals surface area contributed by atoms with Crippen LogP contribution >= 0.6 is 0 Å². The molecule has 3 fully saturated rings. The first kappa shape index (κ1) is 23.8. The van der Waals surface area contributed by atoms with Crippen molar-refractivity contribution in [1.29, 1.82) is 0 Å². The fraction of sp³-hybridized carbons (Fsp3) is 0.778. The normalized spacial score (nSPS) is 36.6. The zero-order chi connectivity index (χ0) is 21.8. The van der Waals surface area contributed by atoms with E-state index in [9.17, 15) is 10.2 Å². The molecule has 4 atom stereocenters. The molecule has 3 aliphatic carbocycles. The van der Waals surface area contributed by atoms with Gasteiger partial charge in [-0.2, -0.15) is 0 Å². The lowest BCUT2D eigenvalue weighted by molar-refractivity contribution is 0.0659. The first-order valence-corrected chi connectivity index (χ1v) is 12.3. The van der Waals surface area contributed by atoms with Crippen molar-refractivity contribution in [1.82, 2.24) is 0 Å². The number of hydrogen-bond donors (Lipinski definition) is 3. The Hall–Kier alpha value is -0.900. The second kappa shape index (κ2) is 10.1. The largest absolute Gasteiger partial charge is 0.392 e. The van der Waals surface area contributed by atoms with Crippen molar-refractivity contribution in [2.75, 3.05) is 6.61 Å². The molecule has 4 unspecified atom stereocenters. The van der Waals surface area contributed by atoms with E-state index in [1.165, 1.54) is 50.5 Å². The average Bonchev–Trinajstić information content (AvgIpc) is 3.01. The van der Waals surface area contributed by atoms with Gasteiger partial charge in [0, 0.05) is 0 Å². The summed E-state index contributed by atoms with van der Waals surface area (Å²) < 4.78 is 0. The van der Waals surface area contributed by atoms with Gasteiger partial charge in [-0.05, 0) is 101 Å². The van der Waals surface area contributed by atoms with Crippen LogP contribution in [0.5, 0.6) is 0 Å². The molecule has 3 nitrogen and oxygen atoms in total. The standard InChI is InChI=1S/C27H44O3/c1-26(2,30)16-5-4-8-23-13-14-24-21(7-6-17-27(23,24)3)11-9-20-10-12-22(15-18-28)25(29)19-20/h9,11,15,23-25,28-30H,4-8,10,12-14,16-19H2,1-3H3/b20-9-,21-11+,22-15-. The van der Waals surface area contributed by atoms with E-state index in [1.54, 1.807) is 11.6 Å². The van der Waals surface area contributed by atoms with Gasteiger partial charge in [-0.1, -0.05) is 49.1 Å². The molecule has 3 N–H and O–H groups in total. The Morgan fingerprint density at radius 1 is 1.07 bits per heavy atom. The molecule has 3 heteroatoms. The van der Waals surface area contributed by atoms with Gasteiger partial charge in [0.25, 0.3) is 0 Å². The lowest BCUT2D eigenvalue weighted by Gasteiger charge is -2.42. The molecule has 30 heavy (non-hydrogen) atoms. The maximum Gasteiger partial charge on any atom is 0.0788 e. The quantitative estimate of drug-likeness (QED) is 0.360. The predicted molar refractivity (Wildman–Crippen MR) is 124 cm³/mol. The van der Waals surface area contributed by atoms with E-state index in [0.717, 1.165) is 43.1 Å². The van der Waals surface area contributed by atoms with Crippen LogP contribution in [0.4, 0.5) is 0 Å². The Kier molecular flexibility index (Phi) is 8.03. The lowest BCUT2D eigenvalue weighted by Crippen LogP contribution is -2.33. The Balaban J connectivity index is 1.60. The molecule has 0 heterocycles. The summed E-state index contributed by atoms with van der Waals surface area (Å²) in [6, 6.07) is 0. The van der Waals surface area contributed by atoms with E-state index in [2.05, 4.69) is 19.1 Å². The summed E-state index contributed by atoms with van der Waals surface area (Å²) >= 11 is 0. The van der Waals surface area contributed by atoms with Crippen molar-refractivity contribution < 1.29 is 15.3 Å². The van der Waals surface area contributed by atoms with Crippen LogP contribution in [-0.4, -0.2) is 33.6 Å². The molecule has 0 aromatic heterocycles. The Morgan fingerprint density at radius 3 is 2.57 bits per heavy atom. The Morgan fingerprint density at radius 2 is 1.87 bits per heavy atom. The van der Waals surface area contributed by atoms with Crippen molar-refractivity contribution in [3.63, 3.8) is 0 Å². The second-order valence-corrected chi connectivity index (χ2v) is 11.0. The zero-order valence-corrected chi connectivity index (χ0v) is 19.5. The molecular weight excluding hydrogens is 372 g/mol. The minimum Gasteiger partial charge on any atom is -0.392 e. The average molecular weight is 417 g/mol. The van der Waals surface area contributed by atoms with Gasteiger partial charge in [0.05, 0.1) is 18.3 Å². The third kappa shape index (κ3) is 5.87. The molecule has 0 aromatic rings. The van der Waals surface area contributed by atoms with Crippen LogP contribution in [0.15, 0.2) is 34.9 Å². The highest BCUT2D eigenvalue weighted by atomic mass is 16.3. The van der Waals surface area contributed by atoms with Gasteiger partial charge in [0.2, 0.25) is 0 Å². The van der Waals surface area contributed by atoms with Gasteiger partial charge < -0.3 is 15.3 Å². The summed E-state index contributed by atoms with van der Waals surface area (Å²) in [5.74, 6) is 1.55. The molecule has 0 bridgehead atoms. The fourth-order valence-corrected chi connectivity index (χ4v) is 6.45. The summed E-state index contributed by atoms with van der Waals surface area (Å²) in [7, 11) is 0. The van der Waals surface area contributed by atoms with Crippen molar-refractivity contribution in [2.45, 2.75) is 110 Å². The molecular formula is C27H44O3. The molecule has 0 amide bonds. The summed E-state index contributed by atoms with van der Waals surface area (Å²) in [6.07, 6.45) is 19.8. The summed E-state index contributed by atoms with van der Waals surface area (Å²) in [6.45, 7) is 6.40. The molecule has 3 saturated carbocycles. The van der Waals surface area contributed by atoms with Gasteiger partial charge in [-0.3, -0.25) is 0 Å². The molecule has 3 rings (SSSR count). The van der Waals surface area contributed by atoms with Gasteiger partial charge in [-0.25, -0.2) is 0 Å². The van der Waals surface area contributed by atoms with E-state index in [1.807, 2.05) is 13.8 Å². The number of hydrogen-bond acceptors (Lipinski definition) is 3. The molecule has 3 aliphatic rings. The van der Waals surface area contributed by atoms with E-state index in [-0.39, 0.29) is 6.61 Å². The molecule has 0 aromatic carbocycles. The maximum absolute atomic E-state index is 10.3. The molecule has 170 valence electrons. The number of aliphatic hydroxyl groups is 3. The van der Waals surface area contributed by atoms with Crippen molar-refractivity contribution >= 4 is 0 Å². The van der Waals surface area contributed by atoms with Crippen molar-refractivity contribution in [3.05, 3.63) is 34.9 Å². The molecule has 0 saturated heterocycles. The molecule has 0 aliphatic heterocycles. The molecule has 0 radical (unpaired) electrons. The second-order valence-electron chi connectivity index (χ2n) is 11.0. The first-order chi connectivity index (χ1) is 14.2. The van der Waals surface area contributed by atoms with Gasteiger partial charge >= 0.3 is 0 Å². The van der Waals surface area contributed by atoms with Gasteiger partial charge in [0.15, 0.2) is 0 Å². The fourth-order valence-electron chi connectivity index (χ4n) is 6.45. The maximum atomic E-state index is 10.3. The highest BCUT2D eigenvalue weighted by Crippen LogP contribution is 2.58. The van der Waals surface area contributed by atoms with Crippen LogP contribution in [-0.2, 0) is 0 Å². The molecule has 0 spiro atoms. The highest BCUT2D eigenvalue weighted by Gasteiger charge is 2.48. The zero-order valence-electron chi connectivity index (χ0n) is 19.5. The van der Waals surface area contributed by atoms with Crippen LogP contribution in [0.2, 0.25) is 0 Å². The van der Waals surface area contributed by atoms with Crippen LogP contribution in [0, 0.1) is 17.3 Å². The first-order valence-electron chi connectivity index (χ1n) is 12.3. The summed E-state index contributed by atoms with van der Waals surface area (Å²) in [4.78, 5) is 0. The van der Waals surface area contributed by atoms with E-state index in [0.29, 0.717) is 11.8 Å². The van der Waals surface area contributed by atoms with Gasteiger partial charge in [0.1, 0.15) is 0 Å². The van der Waals surface area contributed by atoms with Crippen LogP contribution in [0.25, 0.3) is 0 Å². The number of allylic oxidation sites excluding steroid dienone is 3. The summed E-state index contributed by atoms with van der Waals surface area (Å²) in [5.41, 5.74) is 3.90. The van der Waals surface area contributed by atoms with Crippen molar-refractivity contribution in [3.8, 4) is 0 Å². The topological polar surface area (TPSA) is 60.7 Å². The van der Waals surface area contributed by atoms with E-state index in [4.69, 9.17) is 5.11 Å². The Labute approximate surface area is 184 Å². The predicted octanol–water partition coefficient (Wildman–Crippen LogP) is 5.85. The summed E-state index contributed by atoms with van der Waals surface area (Å²) in [5, 5.41) is 29.4. The minimum atomic E-state index is -0.530. The van der Waals surface area contributed by atoms with Crippen LogP contribution in [0.3, 0.4) is 0 Å². The lowest BCUT2D eigenvalue weighted by atomic mass is 9.62. The smallest absolute Gasteiger partial charge is 0.0788 e. The SMILES string of the molecule is CC(C)(O)CCCCC1CCC2/C(=C/C=C3/CC/C(=C/CO)C(O)C3)CCCC12C. The number of unbranched alkanes of at least 4 members (excludes halogenated alkanes) is 1. The number of rotatable bonds is 7. The third-order valence-corrected chi connectivity index (χ3v) is 8.26. The monoisotopic (exact) mass is 416 g/mol. The van der Waals surface area contributed by atoms with Crippen molar-refractivity contribution in [2.24, 2.45) is 17.3 Å². The van der Waals surface area contributed by atoms with E-state index >= 15 is 0 Å².